The van der Waals surface area contributed by atoms with Crippen molar-refractivity contribution in [2.45, 2.75) is 26.2 Å². The van der Waals surface area contributed by atoms with Crippen molar-refractivity contribution in [3.8, 4) is 0 Å². The lowest BCUT2D eigenvalue weighted by molar-refractivity contribution is 0.586. The maximum absolute atomic E-state index is 11.7. The smallest absolute Gasteiger partial charge is 0.299 e. The van der Waals surface area contributed by atoms with Gasteiger partial charge in [-0.2, -0.15) is 13.1 Å². The Kier molecular flexibility index (Phi) is 4.08. The molecule has 0 atom stereocenters. The number of aryl methyl sites for hydroxylation is 1. The van der Waals surface area contributed by atoms with Crippen LogP contribution in [0.3, 0.4) is 0 Å². The molecular formula is C12H19N3O2S. The summed E-state index contributed by atoms with van der Waals surface area (Å²) in [5, 5.41) is 3.29. The Bertz CT molecular complexity index is 514. The van der Waals surface area contributed by atoms with Crippen LogP contribution in [0.4, 0.5) is 11.4 Å². The van der Waals surface area contributed by atoms with Crippen LogP contribution >= 0.6 is 0 Å². The van der Waals surface area contributed by atoms with E-state index in [9.17, 15) is 8.42 Å². The summed E-state index contributed by atoms with van der Waals surface area (Å²) in [7, 11) is -3.44. The fraction of sp³-hybridized carbons (Fsp3) is 0.500. The standard InChI is InChI=1S/C12H19N3O2S/c1-2-7-14-18(16,17)15-11-5-6-12-10(9-11)4-3-8-13-12/h5-6,9,13-15H,2-4,7-8H2,1H3. The van der Waals surface area contributed by atoms with Gasteiger partial charge in [0.1, 0.15) is 0 Å². The van der Waals surface area contributed by atoms with Crippen LogP contribution in [0.15, 0.2) is 18.2 Å². The lowest BCUT2D eigenvalue weighted by atomic mass is 10.0. The molecule has 0 bridgehead atoms. The monoisotopic (exact) mass is 269 g/mol. The Hall–Kier alpha value is -1.27. The highest BCUT2D eigenvalue weighted by Gasteiger charge is 2.12. The minimum Gasteiger partial charge on any atom is -0.385 e. The number of hydrogen-bond acceptors (Lipinski definition) is 3. The van der Waals surface area contributed by atoms with Gasteiger partial charge in [-0.15, -0.1) is 0 Å². The molecule has 1 aliphatic heterocycles. The molecule has 1 aromatic carbocycles. The number of fused-ring (bicyclic) bond motifs is 1. The summed E-state index contributed by atoms with van der Waals surface area (Å²) in [6.45, 7) is 3.35. The topological polar surface area (TPSA) is 70.2 Å². The van der Waals surface area contributed by atoms with Crippen LogP contribution in [0.25, 0.3) is 0 Å². The van der Waals surface area contributed by atoms with Crippen LogP contribution in [0.5, 0.6) is 0 Å². The van der Waals surface area contributed by atoms with E-state index in [0.717, 1.165) is 37.1 Å². The average Bonchev–Trinajstić information content (AvgIpc) is 2.36. The SMILES string of the molecule is CCCNS(=O)(=O)Nc1ccc2c(c1)CCCN2. The normalized spacial score (nSPS) is 14.7. The number of rotatable bonds is 5. The van der Waals surface area contributed by atoms with Gasteiger partial charge < -0.3 is 5.32 Å². The van der Waals surface area contributed by atoms with Crippen molar-refractivity contribution in [3.05, 3.63) is 23.8 Å². The average molecular weight is 269 g/mol. The van der Waals surface area contributed by atoms with Crippen LogP contribution < -0.4 is 14.8 Å². The summed E-state index contributed by atoms with van der Waals surface area (Å²) in [4.78, 5) is 0. The van der Waals surface area contributed by atoms with Gasteiger partial charge in [-0.05, 0) is 43.0 Å². The van der Waals surface area contributed by atoms with E-state index in [0.29, 0.717) is 12.2 Å². The van der Waals surface area contributed by atoms with Gasteiger partial charge in [0.05, 0.1) is 5.69 Å². The third kappa shape index (κ3) is 3.36. The highest BCUT2D eigenvalue weighted by Crippen LogP contribution is 2.25. The summed E-state index contributed by atoms with van der Waals surface area (Å²) in [5.41, 5.74) is 2.88. The van der Waals surface area contributed by atoms with Crippen LogP contribution in [-0.2, 0) is 16.6 Å². The molecule has 3 N–H and O–H groups in total. The number of anilines is 2. The molecular weight excluding hydrogens is 250 g/mol. The first-order valence-electron chi connectivity index (χ1n) is 6.25. The van der Waals surface area contributed by atoms with Crippen molar-refractivity contribution in [1.29, 1.82) is 0 Å². The molecule has 100 valence electrons. The predicted octanol–water partition coefficient (Wildman–Crippen LogP) is 1.70. The van der Waals surface area contributed by atoms with E-state index >= 15 is 0 Å². The minimum absolute atomic E-state index is 0.446. The highest BCUT2D eigenvalue weighted by atomic mass is 32.2. The first-order valence-corrected chi connectivity index (χ1v) is 7.73. The molecule has 0 aromatic heterocycles. The fourth-order valence-electron chi connectivity index (χ4n) is 1.97. The molecule has 18 heavy (non-hydrogen) atoms. The lowest BCUT2D eigenvalue weighted by Gasteiger charge is -2.19. The molecule has 0 spiro atoms. The molecule has 0 radical (unpaired) electrons. The van der Waals surface area contributed by atoms with Crippen molar-refractivity contribution in [2.24, 2.45) is 0 Å². The number of hydrogen-bond donors (Lipinski definition) is 3. The van der Waals surface area contributed by atoms with E-state index in [1.165, 1.54) is 0 Å². The van der Waals surface area contributed by atoms with Gasteiger partial charge >= 0.3 is 0 Å². The van der Waals surface area contributed by atoms with Gasteiger partial charge in [-0.25, -0.2) is 0 Å². The minimum atomic E-state index is -3.44. The molecule has 0 amide bonds. The Labute approximate surface area is 108 Å². The highest BCUT2D eigenvalue weighted by molar-refractivity contribution is 7.90. The molecule has 0 fully saturated rings. The molecule has 0 aliphatic carbocycles. The van der Waals surface area contributed by atoms with Crippen LogP contribution in [-0.4, -0.2) is 21.5 Å². The quantitative estimate of drug-likeness (QED) is 0.762. The zero-order chi connectivity index (χ0) is 13.0. The van der Waals surface area contributed by atoms with Crippen molar-refractivity contribution < 1.29 is 8.42 Å². The summed E-state index contributed by atoms with van der Waals surface area (Å²) in [6.07, 6.45) is 2.84. The second-order valence-corrected chi connectivity index (χ2v) is 5.90. The zero-order valence-corrected chi connectivity index (χ0v) is 11.3. The van der Waals surface area contributed by atoms with Crippen molar-refractivity contribution in [3.63, 3.8) is 0 Å². The molecule has 1 aliphatic rings. The third-order valence-corrected chi connectivity index (χ3v) is 3.93. The molecule has 2 rings (SSSR count). The first-order chi connectivity index (χ1) is 8.61. The van der Waals surface area contributed by atoms with E-state index in [1.54, 1.807) is 6.07 Å². The Balaban J connectivity index is 2.10. The van der Waals surface area contributed by atoms with Crippen molar-refractivity contribution >= 4 is 21.6 Å². The van der Waals surface area contributed by atoms with E-state index in [1.807, 2.05) is 19.1 Å². The van der Waals surface area contributed by atoms with Crippen LogP contribution in [0, 0.1) is 0 Å². The van der Waals surface area contributed by atoms with Crippen molar-refractivity contribution in [1.82, 2.24) is 4.72 Å². The molecule has 0 saturated heterocycles. The zero-order valence-electron chi connectivity index (χ0n) is 10.5. The maximum atomic E-state index is 11.7. The van der Waals surface area contributed by atoms with E-state index in [2.05, 4.69) is 14.8 Å². The molecule has 6 heteroatoms. The second-order valence-electron chi connectivity index (χ2n) is 4.40. The first kappa shape index (κ1) is 13.2. The van der Waals surface area contributed by atoms with Gasteiger partial charge in [0.15, 0.2) is 0 Å². The van der Waals surface area contributed by atoms with Crippen LogP contribution in [0.1, 0.15) is 25.3 Å². The Morgan fingerprint density at radius 3 is 3.00 bits per heavy atom. The summed E-state index contributed by atoms with van der Waals surface area (Å²) in [5.74, 6) is 0. The molecule has 0 unspecified atom stereocenters. The second kappa shape index (κ2) is 5.58. The lowest BCUT2D eigenvalue weighted by Crippen LogP contribution is -2.30. The maximum Gasteiger partial charge on any atom is 0.299 e. The van der Waals surface area contributed by atoms with Crippen molar-refractivity contribution in [2.75, 3.05) is 23.1 Å². The Morgan fingerprint density at radius 1 is 1.39 bits per heavy atom. The summed E-state index contributed by atoms with van der Waals surface area (Å²) >= 11 is 0. The molecule has 1 heterocycles. The largest absolute Gasteiger partial charge is 0.385 e. The number of benzene rings is 1. The molecule has 5 nitrogen and oxygen atoms in total. The van der Waals surface area contributed by atoms with E-state index in [4.69, 9.17) is 0 Å². The third-order valence-electron chi connectivity index (χ3n) is 2.84. The summed E-state index contributed by atoms with van der Waals surface area (Å²) in [6, 6.07) is 5.60. The summed E-state index contributed by atoms with van der Waals surface area (Å²) < 4.78 is 28.4. The van der Waals surface area contributed by atoms with Crippen LogP contribution in [0.2, 0.25) is 0 Å². The van der Waals surface area contributed by atoms with Gasteiger partial charge in [0.2, 0.25) is 0 Å². The number of nitrogens with one attached hydrogen (secondary N) is 3. The van der Waals surface area contributed by atoms with Gasteiger partial charge in [-0.3, -0.25) is 4.72 Å². The van der Waals surface area contributed by atoms with E-state index in [-0.39, 0.29) is 0 Å². The fourth-order valence-corrected chi connectivity index (χ4v) is 2.95. The Morgan fingerprint density at radius 2 is 2.22 bits per heavy atom. The predicted molar refractivity (Wildman–Crippen MR) is 74.1 cm³/mol. The van der Waals surface area contributed by atoms with Gasteiger partial charge in [-0.1, -0.05) is 6.92 Å². The van der Waals surface area contributed by atoms with Gasteiger partial charge in [0, 0.05) is 18.8 Å². The molecule has 0 saturated carbocycles. The molecule has 1 aromatic rings. The van der Waals surface area contributed by atoms with E-state index < -0.39 is 10.2 Å². The van der Waals surface area contributed by atoms with Gasteiger partial charge in [0.25, 0.3) is 10.2 Å².